The maximum atomic E-state index is 14.3. The maximum absolute atomic E-state index is 14.3. The normalized spacial score (nSPS) is 18.1. The number of nitrogens with one attached hydrogen (secondary N) is 2. The first kappa shape index (κ1) is 19.7. The van der Waals surface area contributed by atoms with Gasteiger partial charge in [0.15, 0.2) is 0 Å². The summed E-state index contributed by atoms with van der Waals surface area (Å²) < 4.78 is 26.0. The molecule has 9 heteroatoms. The summed E-state index contributed by atoms with van der Waals surface area (Å²) >= 11 is 0. The van der Waals surface area contributed by atoms with Gasteiger partial charge in [0.05, 0.1) is 17.8 Å². The van der Waals surface area contributed by atoms with Crippen molar-refractivity contribution in [2.45, 2.75) is 25.0 Å². The van der Waals surface area contributed by atoms with Crippen LogP contribution in [0, 0.1) is 5.82 Å². The molecule has 1 saturated carbocycles. The van der Waals surface area contributed by atoms with Gasteiger partial charge in [-0.25, -0.2) is 4.39 Å². The number of aromatic amines is 2. The number of anilines is 1. The molecule has 0 bridgehead atoms. The number of pyridine rings is 2. The highest BCUT2D eigenvalue weighted by molar-refractivity contribution is 6.15. The van der Waals surface area contributed by atoms with Crippen LogP contribution in [0.25, 0.3) is 43.8 Å². The van der Waals surface area contributed by atoms with E-state index in [4.69, 9.17) is 15.2 Å². The first-order valence-corrected chi connectivity index (χ1v) is 10.6. The molecule has 0 spiro atoms. The van der Waals surface area contributed by atoms with Gasteiger partial charge in [-0.2, -0.15) is 5.10 Å². The number of hydrogen-bond acceptors (Lipinski definition) is 6. The minimum Gasteiger partial charge on any atom is -0.488 e. The molecule has 8 nitrogen and oxygen atoms in total. The second-order valence-electron chi connectivity index (χ2n) is 8.26. The van der Waals surface area contributed by atoms with Crippen LogP contribution in [0.5, 0.6) is 5.75 Å². The highest BCUT2D eigenvalue weighted by Crippen LogP contribution is 2.41. The van der Waals surface area contributed by atoms with Crippen molar-refractivity contribution in [3.63, 3.8) is 0 Å². The molecular weight excluding hydrogens is 425 g/mol. The molecule has 0 radical (unpaired) electrons. The maximum Gasteiger partial charge on any atom is 0.272 e. The number of fused-ring (bicyclic) bond motifs is 4. The number of nitrogens with zero attached hydrogens (tertiary/aromatic N) is 2. The average molecular weight is 445 g/mol. The van der Waals surface area contributed by atoms with Crippen LogP contribution in [-0.2, 0) is 4.74 Å². The zero-order valence-corrected chi connectivity index (χ0v) is 17.7. The number of nitrogen functional groups attached to an aromatic ring is 1. The quantitative estimate of drug-likeness (QED) is 0.361. The van der Waals surface area contributed by atoms with Gasteiger partial charge in [-0.05, 0) is 29.8 Å². The van der Waals surface area contributed by atoms with Crippen LogP contribution in [0.2, 0.25) is 0 Å². The van der Waals surface area contributed by atoms with E-state index >= 15 is 0 Å². The van der Waals surface area contributed by atoms with Gasteiger partial charge in [-0.15, -0.1) is 0 Å². The van der Waals surface area contributed by atoms with Gasteiger partial charge in [-0.1, -0.05) is 6.07 Å². The second-order valence-corrected chi connectivity index (χ2v) is 8.26. The van der Waals surface area contributed by atoms with Crippen LogP contribution in [0.1, 0.15) is 12.8 Å². The topological polar surface area (TPSA) is 119 Å². The number of methoxy groups -OCH3 is 1. The summed E-state index contributed by atoms with van der Waals surface area (Å²) in [6.45, 7) is 0. The Hall–Kier alpha value is -3.98. The van der Waals surface area contributed by atoms with Crippen molar-refractivity contribution in [3.05, 3.63) is 58.9 Å². The fourth-order valence-electron chi connectivity index (χ4n) is 4.58. The standard InChI is InChI=1S/C24H20FN5O3/c1-32-11-7-12(8-11)33-18-9-15-19(13-4-5-17(25)22-16(13)10-28-30-22)20(26)24(31)29-21(15)14-3-2-6-27-23(14)18/h2-6,9-12H,7-8,26H2,1H3,(H,28,30)(H,29,31). The number of H-pyrrole nitrogens is 2. The second kappa shape index (κ2) is 7.28. The van der Waals surface area contributed by atoms with Gasteiger partial charge < -0.3 is 20.2 Å². The molecule has 5 aromatic rings. The predicted molar refractivity (Wildman–Crippen MR) is 124 cm³/mol. The number of hydrogen-bond donors (Lipinski definition) is 3. The third-order valence-electron chi connectivity index (χ3n) is 6.39. The molecule has 4 N–H and O–H groups in total. The molecule has 3 aromatic heterocycles. The third-order valence-corrected chi connectivity index (χ3v) is 6.39. The zero-order valence-electron chi connectivity index (χ0n) is 17.7. The van der Waals surface area contributed by atoms with Crippen molar-refractivity contribution in [2.24, 2.45) is 0 Å². The van der Waals surface area contributed by atoms with Gasteiger partial charge in [0.25, 0.3) is 5.56 Å². The molecule has 1 aliphatic carbocycles. The van der Waals surface area contributed by atoms with Crippen molar-refractivity contribution in [3.8, 4) is 16.9 Å². The van der Waals surface area contributed by atoms with Crippen LogP contribution in [0.4, 0.5) is 10.1 Å². The van der Waals surface area contributed by atoms with Crippen molar-refractivity contribution in [1.29, 1.82) is 0 Å². The minimum absolute atomic E-state index is 0.00701. The van der Waals surface area contributed by atoms with E-state index in [1.165, 1.54) is 12.3 Å². The van der Waals surface area contributed by atoms with Crippen molar-refractivity contribution in [2.75, 3.05) is 12.8 Å². The van der Waals surface area contributed by atoms with E-state index in [1.54, 1.807) is 25.4 Å². The average Bonchev–Trinajstić information content (AvgIpc) is 3.29. The van der Waals surface area contributed by atoms with E-state index in [9.17, 15) is 9.18 Å². The lowest BCUT2D eigenvalue weighted by Crippen LogP contribution is -2.38. The Balaban J connectivity index is 1.66. The lowest BCUT2D eigenvalue weighted by atomic mass is 9.91. The molecule has 2 aromatic carbocycles. The summed E-state index contributed by atoms with van der Waals surface area (Å²) in [5.74, 6) is 0.159. The number of aromatic nitrogens is 4. The largest absolute Gasteiger partial charge is 0.488 e. The lowest BCUT2D eigenvalue weighted by Gasteiger charge is -2.34. The summed E-state index contributed by atoms with van der Waals surface area (Å²) in [6.07, 6.45) is 4.98. The Kier molecular flexibility index (Phi) is 4.34. The number of rotatable bonds is 4. The van der Waals surface area contributed by atoms with E-state index < -0.39 is 11.4 Å². The molecule has 3 heterocycles. The summed E-state index contributed by atoms with van der Waals surface area (Å²) in [7, 11) is 1.69. The van der Waals surface area contributed by atoms with Crippen LogP contribution < -0.4 is 16.0 Å². The Morgan fingerprint density at radius 3 is 2.79 bits per heavy atom. The molecule has 0 saturated heterocycles. The fourth-order valence-corrected chi connectivity index (χ4v) is 4.58. The highest BCUT2D eigenvalue weighted by Gasteiger charge is 2.31. The van der Waals surface area contributed by atoms with Crippen LogP contribution >= 0.6 is 0 Å². The molecule has 1 aliphatic rings. The number of halogens is 1. The first-order chi connectivity index (χ1) is 16.0. The van der Waals surface area contributed by atoms with Crippen LogP contribution in [0.3, 0.4) is 0 Å². The molecule has 0 aliphatic heterocycles. The van der Waals surface area contributed by atoms with Gasteiger partial charge in [0, 0.05) is 47.9 Å². The SMILES string of the molecule is COC1CC(Oc2cc3c(-c4ccc(F)c5[nH]ncc45)c(N)c(=O)[nH]c3c3cccnc23)C1. The minimum atomic E-state index is -0.435. The van der Waals surface area contributed by atoms with Crippen molar-refractivity contribution in [1.82, 2.24) is 20.2 Å². The summed E-state index contributed by atoms with van der Waals surface area (Å²) in [6, 6.07) is 8.48. The van der Waals surface area contributed by atoms with E-state index in [2.05, 4.69) is 20.2 Å². The van der Waals surface area contributed by atoms with Gasteiger partial charge in [0.2, 0.25) is 0 Å². The van der Waals surface area contributed by atoms with Gasteiger partial charge in [0.1, 0.15) is 34.4 Å². The number of ether oxygens (including phenoxy) is 2. The Bertz CT molecular complexity index is 1600. The van der Waals surface area contributed by atoms with Crippen LogP contribution in [0.15, 0.2) is 47.5 Å². The number of benzene rings is 2. The molecular formula is C24H20FN5O3. The Morgan fingerprint density at radius 2 is 1.97 bits per heavy atom. The zero-order chi connectivity index (χ0) is 22.7. The Morgan fingerprint density at radius 1 is 1.12 bits per heavy atom. The van der Waals surface area contributed by atoms with E-state index in [0.29, 0.717) is 38.7 Å². The molecule has 166 valence electrons. The van der Waals surface area contributed by atoms with E-state index in [1.807, 2.05) is 12.1 Å². The number of nitrogens with two attached hydrogens (primary N) is 1. The first-order valence-electron chi connectivity index (χ1n) is 10.6. The Labute approximate surface area is 186 Å². The summed E-state index contributed by atoms with van der Waals surface area (Å²) in [5.41, 5.74) is 8.49. The molecule has 33 heavy (non-hydrogen) atoms. The summed E-state index contributed by atoms with van der Waals surface area (Å²) in [5, 5.41) is 8.60. The lowest BCUT2D eigenvalue weighted by molar-refractivity contribution is -0.0375. The fraction of sp³-hybridized carbons (Fsp3) is 0.208. The van der Waals surface area contributed by atoms with E-state index in [-0.39, 0.29) is 23.4 Å². The molecule has 1 fully saturated rings. The smallest absolute Gasteiger partial charge is 0.272 e. The third kappa shape index (κ3) is 2.96. The van der Waals surface area contributed by atoms with Gasteiger partial charge in [-0.3, -0.25) is 14.9 Å². The molecule has 6 rings (SSSR count). The highest BCUT2D eigenvalue weighted by atomic mass is 19.1. The predicted octanol–water partition coefficient (Wildman–Crippen LogP) is 3.90. The summed E-state index contributed by atoms with van der Waals surface area (Å²) in [4.78, 5) is 20.3. The monoisotopic (exact) mass is 445 g/mol. The van der Waals surface area contributed by atoms with Crippen molar-refractivity contribution >= 4 is 38.4 Å². The molecule has 0 atom stereocenters. The van der Waals surface area contributed by atoms with Gasteiger partial charge >= 0.3 is 0 Å². The van der Waals surface area contributed by atoms with Crippen molar-refractivity contribution < 1.29 is 13.9 Å². The van der Waals surface area contributed by atoms with Crippen LogP contribution in [-0.4, -0.2) is 39.5 Å². The molecule has 0 unspecified atom stereocenters. The van der Waals surface area contributed by atoms with E-state index in [0.717, 1.165) is 18.2 Å². The molecule has 0 amide bonds.